The number of aliphatic hydroxyl groups is 1. The first-order chi connectivity index (χ1) is 8.05. The lowest BCUT2D eigenvalue weighted by Gasteiger charge is -2.41. The second-order valence-corrected chi connectivity index (χ2v) is 5.39. The summed E-state index contributed by atoms with van der Waals surface area (Å²) in [5.41, 5.74) is 1.38. The van der Waals surface area contributed by atoms with Crippen LogP contribution in [0.3, 0.4) is 0 Å². The second kappa shape index (κ2) is 3.80. The number of hydrogen-bond donors (Lipinski definition) is 2. The van der Waals surface area contributed by atoms with E-state index in [0.717, 1.165) is 29.8 Å². The third-order valence-electron chi connectivity index (χ3n) is 3.34. The Kier molecular flexibility index (Phi) is 2.50. The molecule has 1 aromatic rings. The molecule has 2 N–H and O–H groups in total. The van der Waals surface area contributed by atoms with Crippen molar-refractivity contribution in [2.24, 2.45) is 0 Å². The molecule has 0 radical (unpaired) electrons. The fraction of sp³-hybridized carbons (Fsp3) is 0.636. The van der Waals surface area contributed by atoms with Gasteiger partial charge in [0.1, 0.15) is 0 Å². The van der Waals surface area contributed by atoms with Crippen LogP contribution >= 0.6 is 11.6 Å². The molecule has 17 heavy (non-hydrogen) atoms. The second-order valence-electron chi connectivity index (χ2n) is 5.04. The van der Waals surface area contributed by atoms with Gasteiger partial charge in [0.2, 0.25) is 0 Å². The molecule has 0 atom stereocenters. The van der Waals surface area contributed by atoms with E-state index in [0.29, 0.717) is 18.4 Å². The first kappa shape index (κ1) is 11.2. The fourth-order valence-corrected chi connectivity index (χ4v) is 2.66. The van der Waals surface area contributed by atoms with Crippen molar-refractivity contribution in [3.63, 3.8) is 0 Å². The van der Waals surface area contributed by atoms with Gasteiger partial charge in [-0.3, -0.25) is 0 Å². The topological polar surface area (TPSA) is 67.3 Å². The van der Waals surface area contributed by atoms with Gasteiger partial charge in [0.05, 0.1) is 18.8 Å². The highest BCUT2D eigenvalue weighted by Gasteiger charge is 2.39. The summed E-state index contributed by atoms with van der Waals surface area (Å²) in [5.74, 6) is 0.738. The Labute approximate surface area is 104 Å². The van der Waals surface area contributed by atoms with E-state index in [4.69, 9.17) is 16.3 Å². The zero-order chi connectivity index (χ0) is 12.0. The third kappa shape index (κ3) is 1.99. The molecular formula is C11H14ClN3O2. The number of aromatic nitrogens is 2. The SMILES string of the molecule is C[C@]1(O)C[C@@H](Nc2nnc(Cl)c3c2COC3)C1. The van der Waals surface area contributed by atoms with Crippen LogP contribution in [0.4, 0.5) is 5.82 Å². The predicted octanol–water partition coefficient (Wildman–Crippen LogP) is 1.49. The van der Waals surface area contributed by atoms with Gasteiger partial charge in [0, 0.05) is 17.2 Å². The van der Waals surface area contributed by atoms with Crippen LogP contribution in [0.15, 0.2) is 0 Å². The maximum absolute atomic E-state index is 9.68. The number of fused-ring (bicyclic) bond motifs is 1. The van der Waals surface area contributed by atoms with Crippen LogP contribution in [0.25, 0.3) is 0 Å². The molecule has 1 aliphatic heterocycles. The first-order valence-electron chi connectivity index (χ1n) is 5.66. The number of hydrogen-bond acceptors (Lipinski definition) is 5. The average molecular weight is 256 g/mol. The molecule has 1 aliphatic carbocycles. The Morgan fingerprint density at radius 3 is 2.76 bits per heavy atom. The molecule has 5 nitrogen and oxygen atoms in total. The van der Waals surface area contributed by atoms with Crippen molar-refractivity contribution in [1.29, 1.82) is 0 Å². The molecule has 6 heteroatoms. The number of nitrogens with zero attached hydrogens (tertiary/aromatic N) is 2. The summed E-state index contributed by atoms with van der Waals surface area (Å²) >= 11 is 5.95. The Hall–Kier alpha value is -0.910. The van der Waals surface area contributed by atoms with Crippen molar-refractivity contribution < 1.29 is 9.84 Å². The molecule has 1 fully saturated rings. The monoisotopic (exact) mass is 255 g/mol. The highest BCUT2D eigenvalue weighted by molar-refractivity contribution is 6.30. The van der Waals surface area contributed by atoms with Crippen LogP contribution in [-0.4, -0.2) is 26.9 Å². The molecule has 92 valence electrons. The molecule has 0 bridgehead atoms. The molecule has 0 unspecified atom stereocenters. The van der Waals surface area contributed by atoms with Crippen molar-refractivity contribution >= 4 is 17.4 Å². The Morgan fingerprint density at radius 1 is 1.35 bits per heavy atom. The molecule has 2 aliphatic rings. The summed E-state index contributed by atoms with van der Waals surface area (Å²) in [6.45, 7) is 2.86. The van der Waals surface area contributed by atoms with E-state index in [2.05, 4.69) is 15.5 Å². The summed E-state index contributed by atoms with van der Waals surface area (Å²) in [5, 5.41) is 21.4. The average Bonchev–Trinajstić information content (AvgIpc) is 2.69. The lowest BCUT2D eigenvalue weighted by Crippen LogP contribution is -2.48. The number of rotatable bonds is 2. The summed E-state index contributed by atoms with van der Waals surface area (Å²) in [4.78, 5) is 0. The van der Waals surface area contributed by atoms with Gasteiger partial charge in [-0.05, 0) is 19.8 Å². The minimum atomic E-state index is -0.544. The van der Waals surface area contributed by atoms with Gasteiger partial charge in [-0.25, -0.2) is 0 Å². The third-order valence-corrected chi connectivity index (χ3v) is 3.65. The molecule has 0 aromatic carbocycles. The number of anilines is 1. The van der Waals surface area contributed by atoms with Crippen LogP contribution in [-0.2, 0) is 18.0 Å². The van der Waals surface area contributed by atoms with Crippen molar-refractivity contribution in [3.05, 3.63) is 16.3 Å². The van der Waals surface area contributed by atoms with E-state index in [1.165, 1.54) is 0 Å². The first-order valence-corrected chi connectivity index (χ1v) is 6.03. The molecule has 1 saturated carbocycles. The van der Waals surface area contributed by atoms with Gasteiger partial charge in [-0.15, -0.1) is 10.2 Å². The van der Waals surface area contributed by atoms with E-state index < -0.39 is 5.60 Å². The molecule has 1 aromatic heterocycles. The zero-order valence-corrected chi connectivity index (χ0v) is 10.3. The largest absolute Gasteiger partial charge is 0.390 e. The predicted molar refractivity (Wildman–Crippen MR) is 62.8 cm³/mol. The van der Waals surface area contributed by atoms with E-state index in [1.807, 2.05) is 6.92 Å². The standard InChI is InChI=1S/C11H14ClN3O2/c1-11(16)2-6(3-11)13-10-8-5-17-4-7(8)9(12)14-15-10/h6,16H,2-5H2,1H3,(H,13,15)/t6-,11+. The van der Waals surface area contributed by atoms with Crippen molar-refractivity contribution in [2.75, 3.05) is 5.32 Å². The molecule has 0 saturated heterocycles. The van der Waals surface area contributed by atoms with E-state index >= 15 is 0 Å². The molecule has 3 rings (SSSR count). The van der Waals surface area contributed by atoms with Crippen LogP contribution < -0.4 is 5.32 Å². The van der Waals surface area contributed by atoms with Gasteiger partial charge >= 0.3 is 0 Å². The quantitative estimate of drug-likeness (QED) is 0.838. The number of nitrogens with one attached hydrogen (secondary N) is 1. The van der Waals surface area contributed by atoms with Gasteiger partial charge in [-0.2, -0.15) is 0 Å². The zero-order valence-electron chi connectivity index (χ0n) is 9.53. The van der Waals surface area contributed by atoms with E-state index in [9.17, 15) is 5.11 Å². The van der Waals surface area contributed by atoms with Gasteiger partial charge in [0.25, 0.3) is 0 Å². The molecule has 0 amide bonds. The van der Waals surface area contributed by atoms with Crippen LogP contribution in [0, 0.1) is 0 Å². The van der Waals surface area contributed by atoms with Gasteiger partial charge < -0.3 is 15.2 Å². The maximum Gasteiger partial charge on any atom is 0.157 e. The minimum Gasteiger partial charge on any atom is -0.390 e. The lowest BCUT2D eigenvalue weighted by atomic mass is 9.77. The van der Waals surface area contributed by atoms with Crippen molar-refractivity contribution in [3.8, 4) is 0 Å². The lowest BCUT2D eigenvalue weighted by molar-refractivity contribution is -0.0235. The highest BCUT2D eigenvalue weighted by Crippen LogP contribution is 2.36. The summed E-state index contributed by atoms with van der Waals surface area (Å²) < 4.78 is 5.36. The Balaban J connectivity index is 1.79. The summed E-state index contributed by atoms with van der Waals surface area (Å²) in [7, 11) is 0. The fourth-order valence-electron chi connectivity index (χ4n) is 2.45. The van der Waals surface area contributed by atoms with Gasteiger partial charge in [-0.1, -0.05) is 11.6 Å². The Bertz CT molecular complexity index is 456. The van der Waals surface area contributed by atoms with Gasteiger partial charge in [0.15, 0.2) is 11.0 Å². The van der Waals surface area contributed by atoms with Crippen molar-refractivity contribution in [2.45, 2.75) is 44.6 Å². The number of ether oxygens (including phenoxy) is 1. The van der Waals surface area contributed by atoms with E-state index in [1.54, 1.807) is 0 Å². The molecule has 0 spiro atoms. The molecule has 2 heterocycles. The van der Waals surface area contributed by atoms with Crippen LogP contribution in [0.5, 0.6) is 0 Å². The summed E-state index contributed by atoms with van der Waals surface area (Å²) in [6, 6.07) is 0.255. The Morgan fingerprint density at radius 2 is 2.06 bits per heavy atom. The molecular weight excluding hydrogens is 242 g/mol. The minimum absolute atomic E-state index is 0.255. The van der Waals surface area contributed by atoms with Crippen LogP contribution in [0.1, 0.15) is 30.9 Å². The summed E-state index contributed by atoms with van der Waals surface area (Å²) in [6.07, 6.45) is 1.46. The van der Waals surface area contributed by atoms with Crippen LogP contribution in [0.2, 0.25) is 5.15 Å². The van der Waals surface area contributed by atoms with Crippen molar-refractivity contribution in [1.82, 2.24) is 10.2 Å². The smallest absolute Gasteiger partial charge is 0.157 e. The maximum atomic E-state index is 9.68. The number of halogens is 1. The highest BCUT2D eigenvalue weighted by atomic mass is 35.5. The van der Waals surface area contributed by atoms with E-state index in [-0.39, 0.29) is 6.04 Å². The normalized spacial score (nSPS) is 30.9.